The standard InChI is InChI=1S/C13H15NO3S/c1-8-3-6-12(18-8)9(2)14-7-10-4-5-11(17-10)13(15)16/h3-6,9,14H,7H2,1-2H3,(H,15,16). The number of carbonyl (C=O) groups is 1. The van der Waals surface area contributed by atoms with E-state index >= 15 is 0 Å². The zero-order valence-electron chi connectivity index (χ0n) is 10.3. The van der Waals surface area contributed by atoms with Crippen LogP contribution in [0.25, 0.3) is 0 Å². The summed E-state index contributed by atoms with van der Waals surface area (Å²) in [6.07, 6.45) is 0. The number of hydrogen-bond donors (Lipinski definition) is 2. The van der Waals surface area contributed by atoms with E-state index in [9.17, 15) is 4.79 Å². The number of hydrogen-bond acceptors (Lipinski definition) is 4. The summed E-state index contributed by atoms with van der Waals surface area (Å²) >= 11 is 1.75. The number of furan rings is 1. The smallest absolute Gasteiger partial charge is 0.371 e. The average Bonchev–Trinajstić information content (AvgIpc) is 2.94. The summed E-state index contributed by atoms with van der Waals surface area (Å²) in [5.41, 5.74) is 0. The van der Waals surface area contributed by atoms with Crippen LogP contribution in [0.4, 0.5) is 0 Å². The number of thiophene rings is 1. The highest BCUT2D eigenvalue weighted by atomic mass is 32.1. The summed E-state index contributed by atoms with van der Waals surface area (Å²) in [5.74, 6) is -0.429. The molecule has 4 nitrogen and oxygen atoms in total. The lowest BCUT2D eigenvalue weighted by Crippen LogP contribution is -2.16. The van der Waals surface area contributed by atoms with Gasteiger partial charge in [-0.25, -0.2) is 4.79 Å². The molecule has 2 heterocycles. The lowest BCUT2D eigenvalue weighted by Gasteiger charge is -2.10. The second-order valence-corrected chi connectivity index (χ2v) is 5.44. The van der Waals surface area contributed by atoms with Crippen LogP contribution in [-0.4, -0.2) is 11.1 Å². The highest BCUT2D eigenvalue weighted by Crippen LogP contribution is 2.22. The van der Waals surface area contributed by atoms with Gasteiger partial charge in [-0.05, 0) is 38.1 Å². The molecule has 5 heteroatoms. The van der Waals surface area contributed by atoms with Crippen molar-refractivity contribution >= 4 is 17.3 Å². The Morgan fingerprint density at radius 3 is 2.78 bits per heavy atom. The zero-order valence-corrected chi connectivity index (χ0v) is 11.1. The number of rotatable bonds is 5. The van der Waals surface area contributed by atoms with Gasteiger partial charge in [0.2, 0.25) is 5.76 Å². The highest BCUT2D eigenvalue weighted by Gasteiger charge is 2.11. The number of nitrogens with one attached hydrogen (secondary N) is 1. The molecule has 1 atom stereocenters. The third-order valence-electron chi connectivity index (χ3n) is 2.64. The zero-order chi connectivity index (χ0) is 13.1. The van der Waals surface area contributed by atoms with Gasteiger partial charge in [0.25, 0.3) is 0 Å². The molecule has 0 radical (unpaired) electrons. The van der Waals surface area contributed by atoms with E-state index in [1.165, 1.54) is 15.8 Å². The SMILES string of the molecule is Cc1ccc(C(C)NCc2ccc(C(=O)O)o2)s1. The van der Waals surface area contributed by atoms with E-state index in [4.69, 9.17) is 9.52 Å². The van der Waals surface area contributed by atoms with E-state index in [0.29, 0.717) is 12.3 Å². The monoisotopic (exact) mass is 265 g/mol. The lowest BCUT2D eigenvalue weighted by atomic mass is 10.2. The molecule has 0 aliphatic rings. The fourth-order valence-corrected chi connectivity index (χ4v) is 2.53. The first kappa shape index (κ1) is 12.9. The molecule has 0 amide bonds. The van der Waals surface area contributed by atoms with Crippen LogP contribution >= 0.6 is 11.3 Å². The molecule has 0 bridgehead atoms. The van der Waals surface area contributed by atoms with Crippen molar-refractivity contribution in [3.8, 4) is 0 Å². The minimum absolute atomic E-state index is 0.0218. The van der Waals surface area contributed by atoms with Crippen LogP contribution in [-0.2, 0) is 6.54 Å². The second-order valence-electron chi connectivity index (χ2n) is 4.12. The van der Waals surface area contributed by atoms with E-state index < -0.39 is 5.97 Å². The van der Waals surface area contributed by atoms with Gasteiger partial charge < -0.3 is 14.8 Å². The minimum Gasteiger partial charge on any atom is -0.475 e. The van der Waals surface area contributed by atoms with Gasteiger partial charge >= 0.3 is 5.97 Å². The largest absolute Gasteiger partial charge is 0.475 e. The van der Waals surface area contributed by atoms with E-state index in [0.717, 1.165) is 0 Å². The van der Waals surface area contributed by atoms with Crippen molar-refractivity contribution in [3.63, 3.8) is 0 Å². The van der Waals surface area contributed by atoms with Crippen LogP contribution in [0.5, 0.6) is 0 Å². The van der Waals surface area contributed by atoms with Crippen molar-refractivity contribution < 1.29 is 14.3 Å². The summed E-state index contributed by atoms with van der Waals surface area (Å²) in [7, 11) is 0. The van der Waals surface area contributed by atoms with Crippen molar-refractivity contribution in [2.45, 2.75) is 26.4 Å². The van der Waals surface area contributed by atoms with Gasteiger partial charge in [-0.2, -0.15) is 0 Å². The van der Waals surface area contributed by atoms with E-state index in [1.807, 2.05) is 0 Å². The number of carboxylic acid groups (broad SMARTS) is 1. The van der Waals surface area contributed by atoms with E-state index in [2.05, 4.69) is 31.3 Å². The van der Waals surface area contributed by atoms with Crippen molar-refractivity contribution in [3.05, 3.63) is 45.5 Å². The van der Waals surface area contributed by atoms with Crippen LogP contribution in [0.3, 0.4) is 0 Å². The summed E-state index contributed by atoms with van der Waals surface area (Å²) in [4.78, 5) is 13.2. The van der Waals surface area contributed by atoms with E-state index in [-0.39, 0.29) is 11.8 Å². The highest BCUT2D eigenvalue weighted by molar-refractivity contribution is 7.12. The van der Waals surface area contributed by atoms with Gasteiger partial charge in [0.1, 0.15) is 5.76 Å². The number of carboxylic acids is 1. The normalized spacial score (nSPS) is 12.6. The topological polar surface area (TPSA) is 62.5 Å². The molecule has 0 saturated carbocycles. The summed E-state index contributed by atoms with van der Waals surface area (Å²) < 4.78 is 5.18. The second kappa shape index (κ2) is 5.37. The Kier molecular flexibility index (Phi) is 3.84. The predicted molar refractivity (Wildman–Crippen MR) is 70.0 cm³/mol. The van der Waals surface area contributed by atoms with Crippen LogP contribution in [0.15, 0.2) is 28.7 Å². The first-order chi connectivity index (χ1) is 8.56. The minimum atomic E-state index is -1.04. The first-order valence-corrected chi connectivity index (χ1v) is 6.49. The molecule has 1 unspecified atom stereocenters. The van der Waals surface area contributed by atoms with Crippen molar-refractivity contribution in [2.75, 3.05) is 0 Å². The van der Waals surface area contributed by atoms with Crippen molar-refractivity contribution in [1.82, 2.24) is 5.32 Å². The van der Waals surface area contributed by atoms with Gasteiger partial charge in [-0.3, -0.25) is 0 Å². The predicted octanol–water partition coefficient (Wildman–Crippen LogP) is 3.20. The quantitative estimate of drug-likeness (QED) is 0.871. The summed E-state index contributed by atoms with van der Waals surface area (Å²) in [5, 5.41) is 12.0. The Morgan fingerprint density at radius 1 is 1.44 bits per heavy atom. The van der Waals surface area contributed by atoms with Gasteiger partial charge in [-0.15, -0.1) is 11.3 Å². The van der Waals surface area contributed by atoms with Crippen molar-refractivity contribution in [2.24, 2.45) is 0 Å². The third-order valence-corrected chi connectivity index (χ3v) is 3.83. The average molecular weight is 265 g/mol. The van der Waals surface area contributed by atoms with Gasteiger partial charge in [0.05, 0.1) is 6.54 Å². The van der Waals surface area contributed by atoms with Crippen LogP contribution in [0.1, 0.15) is 39.0 Å². The molecule has 0 saturated heterocycles. The third kappa shape index (κ3) is 3.00. The molecule has 2 N–H and O–H groups in total. The molecule has 0 fully saturated rings. The number of aryl methyl sites for hydroxylation is 1. The lowest BCUT2D eigenvalue weighted by molar-refractivity contribution is 0.0660. The maximum atomic E-state index is 10.7. The fourth-order valence-electron chi connectivity index (χ4n) is 1.63. The fraction of sp³-hybridized carbons (Fsp3) is 0.308. The Labute approximate surface area is 109 Å². The Bertz CT molecular complexity index is 544. The molecular weight excluding hydrogens is 250 g/mol. The Hall–Kier alpha value is -1.59. The molecule has 0 spiro atoms. The van der Waals surface area contributed by atoms with Gasteiger partial charge in [-0.1, -0.05) is 0 Å². The molecule has 0 aromatic carbocycles. The maximum Gasteiger partial charge on any atom is 0.371 e. The molecule has 0 aliphatic carbocycles. The first-order valence-electron chi connectivity index (χ1n) is 5.68. The Morgan fingerprint density at radius 2 is 2.22 bits per heavy atom. The maximum absolute atomic E-state index is 10.7. The van der Waals surface area contributed by atoms with Gasteiger partial charge in [0.15, 0.2) is 0 Å². The summed E-state index contributed by atoms with van der Waals surface area (Å²) in [6, 6.07) is 7.57. The van der Waals surface area contributed by atoms with Crippen LogP contribution < -0.4 is 5.32 Å². The molecule has 2 rings (SSSR count). The molecule has 18 heavy (non-hydrogen) atoms. The van der Waals surface area contributed by atoms with Crippen LogP contribution in [0, 0.1) is 6.92 Å². The van der Waals surface area contributed by atoms with Crippen LogP contribution in [0.2, 0.25) is 0 Å². The number of aromatic carboxylic acids is 1. The molecule has 96 valence electrons. The molecule has 2 aromatic heterocycles. The van der Waals surface area contributed by atoms with Crippen molar-refractivity contribution in [1.29, 1.82) is 0 Å². The molecule has 2 aromatic rings. The van der Waals surface area contributed by atoms with E-state index in [1.54, 1.807) is 17.4 Å². The van der Waals surface area contributed by atoms with Gasteiger partial charge in [0, 0.05) is 15.8 Å². The molecule has 0 aliphatic heterocycles. The molecular formula is C13H15NO3S. The summed E-state index contributed by atoms with van der Waals surface area (Å²) in [6.45, 7) is 4.67. The Balaban J connectivity index is 1.92.